The molecule has 6 rings (SSSR count). The van der Waals surface area contributed by atoms with Gasteiger partial charge >= 0.3 is 0 Å². The third-order valence-corrected chi connectivity index (χ3v) is 7.94. The number of phenols is 1. The molecule has 9 nitrogen and oxygen atoms in total. The number of carbonyl (C=O) groups is 2. The molecule has 196 valence electrons. The molecule has 0 radical (unpaired) electrons. The number of phenolic OH excluding ortho intramolecular Hbond substituents is 1. The Bertz CT molecular complexity index is 1500. The molecule has 0 saturated heterocycles. The van der Waals surface area contributed by atoms with Crippen molar-refractivity contribution in [1.29, 1.82) is 0 Å². The van der Waals surface area contributed by atoms with Gasteiger partial charge in [0.1, 0.15) is 11.4 Å². The van der Waals surface area contributed by atoms with E-state index in [4.69, 9.17) is 22.4 Å². The van der Waals surface area contributed by atoms with Crippen LogP contribution in [0.5, 0.6) is 5.75 Å². The summed E-state index contributed by atoms with van der Waals surface area (Å²) in [6.45, 7) is 4.47. The number of hydrogen-bond acceptors (Lipinski definition) is 6. The van der Waals surface area contributed by atoms with Crippen molar-refractivity contribution in [2.75, 3.05) is 25.4 Å². The highest BCUT2D eigenvalue weighted by atomic mass is 35.5. The zero-order valence-corrected chi connectivity index (χ0v) is 21.3. The zero-order chi connectivity index (χ0) is 26.7. The average molecular weight is 537 g/mol. The van der Waals surface area contributed by atoms with Crippen molar-refractivity contribution in [3.05, 3.63) is 76.1 Å². The van der Waals surface area contributed by atoms with Crippen LogP contribution in [0.1, 0.15) is 57.7 Å². The van der Waals surface area contributed by atoms with Crippen LogP contribution in [0, 0.1) is 5.82 Å². The fourth-order valence-electron chi connectivity index (χ4n) is 5.56. The maximum atomic E-state index is 14.4. The van der Waals surface area contributed by atoms with Crippen LogP contribution in [0.3, 0.4) is 0 Å². The molecule has 3 N–H and O–H groups in total. The molecule has 2 amide bonds. The van der Waals surface area contributed by atoms with Gasteiger partial charge in [0.2, 0.25) is 5.91 Å². The lowest BCUT2D eigenvalue weighted by Crippen LogP contribution is -2.46. The normalized spacial score (nSPS) is 18.6. The van der Waals surface area contributed by atoms with E-state index in [1.807, 2.05) is 12.1 Å². The Morgan fingerprint density at radius 1 is 1.24 bits per heavy atom. The van der Waals surface area contributed by atoms with Gasteiger partial charge in [0.25, 0.3) is 5.91 Å². The second-order valence-electron chi connectivity index (χ2n) is 9.93. The number of amides is 2. The lowest BCUT2D eigenvalue weighted by atomic mass is 9.94. The minimum atomic E-state index is -0.946. The molecule has 3 aromatic rings. The first-order valence-electron chi connectivity index (χ1n) is 12.5. The largest absolute Gasteiger partial charge is 0.506 e. The first kappa shape index (κ1) is 24.4. The summed E-state index contributed by atoms with van der Waals surface area (Å²) in [7, 11) is 0. The molecule has 2 aromatic heterocycles. The van der Waals surface area contributed by atoms with Crippen molar-refractivity contribution < 1.29 is 19.1 Å². The highest BCUT2D eigenvalue weighted by Crippen LogP contribution is 2.43. The molecule has 0 bridgehead atoms. The second kappa shape index (κ2) is 9.13. The summed E-state index contributed by atoms with van der Waals surface area (Å²) in [5, 5.41) is 15.4. The van der Waals surface area contributed by atoms with Crippen LogP contribution >= 0.6 is 11.6 Å². The van der Waals surface area contributed by atoms with Gasteiger partial charge in [-0.1, -0.05) is 24.2 Å². The van der Waals surface area contributed by atoms with E-state index in [2.05, 4.69) is 11.6 Å². The fraction of sp³-hybridized carbons (Fsp3) is 0.333. The number of hydrogen-bond donors (Lipinski definition) is 2. The molecule has 4 heterocycles. The van der Waals surface area contributed by atoms with E-state index < -0.39 is 22.9 Å². The van der Waals surface area contributed by atoms with Crippen molar-refractivity contribution in [3.63, 3.8) is 0 Å². The average Bonchev–Trinajstić information content (AvgIpc) is 3.72. The van der Waals surface area contributed by atoms with Gasteiger partial charge in [-0.2, -0.15) is 5.10 Å². The molecule has 11 heteroatoms. The van der Waals surface area contributed by atoms with E-state index in [0.717, 1.165) is 35.4 Å². The van der Waals surface area contributed by atoms with Gasteiger partial charge < -0.3 is 20.6 Å². The summed E-state index contributed by atoms with van der Waals surface area (Å²) in [6, 6.07) is 5.15. The van der Waals surface area contributed by atoms with Crippen molar-refractivity contribution in [2.24, 2.45) is 0 Å². The Balaban J connectivity index is 1.44. The predicted molar refractivity (Wildman–Crippen MR) is 139 cm³/mol. The molecule has 1 aromatic carbocycles. The van der Waals surface area contributed by atoms with E-state index >= 15 is 0 Å². The molecule has 0 spiro atoms. The Labute approximate surface area is 223 Å². The summed E-state index contributed by atoms with van der Waals surface area (Å²) in [6.07, 6.45) is 5.58. The number of nitrogens with two attached hydrogens (primary N) is 1. The van der Waals surface area contributed by atoms with Crippen molar-refractivity contribution in [3.8, 4) is 11.4 Å². The number of pyridine rings is 1. The molecule has 38 heavy (non-hydrogen) atoms. The molecule has 1 aliphatic carbocycles. The number of rotatable bonds is 4. The Morgan fingerprint density at radius 3 is 2.74 bits per heavy atom. The fourth-order valence-corrected chi connectivity index (χ4v) is 5.71. The predicted octanol–water partition coefficient (Wildman–Crippen LogP) is 3.54. The van der Waals surface area contributed by atoms with E-state index in [1.165, 1.54) is 12.3 Å². The number of carbonyl (C=O) groups excluding carboxylic acids is 2. The first-order chi connectivity index (χ1) is 18.3. The van der Waals surface area contributed by atoms with Crippen LogP contribution in [0.15, 0.2) is 37.1 Å². The van der Waals surface area contributed by atoms with Gasteiger partial charge in [-0.3, -0.25) is 9.59 Å². The number of halogens is 2. The van der Waals surface area contributed by atoms with Crippen molar-refractivity contribution >= 4 is 29.1 Å². The van der Waals surface area contributed by atoms with Crippen LogP contribution in [-0.2, 0) is 17.6 Å². The van der Waals surface area contributed by atoms with Gasteiger partial charge in [-0.05, 0) is 42.5 Å². The molecule has 1 saturated carbocycles. The summed E-state index contributed by atoms with van der Waals surface area (Å²) in [5.41, 5.74) is 9.56. The quantitative estimate of drug-likeness (QED) is 0.389. The highest BCUT2D eigenvalue weighted by molar-refractivity contribution is 6.30. The number of nitrogens with zero attached hydrogens (tertiary/aromatic N) is 5. The lowest BCUT2D eigenvalue weighted by molar-refractivity contribution is -0.126. The molecule has 2 aliphatic heterocycles. The molecular formula is C27H26ClFN6O3. The molecule has 1 fully saturated rings. The Morgan fingerprint density at radius 2 is 2.03 bits per heavy atom. The summed E-state index contributed by atoms with van der Waals surface area (Å²) in [4.78, 5) is 33.3. The SMILES string of the molecule is C=CC(=O)N1CCc2nn(-c3ccc(C4CC4)cc3O)c3c2[C@@H](C1)N(C(=O)c1cnc(Cl)c(F)c1N)CC3. The summed E-state index contributed by atoms with van der Waals surface area (Å²) < 4.78 is 16.2. The van der Waals surface area contributed by atoms with Gasteiger partial charge in [-0.15, -0.1) is 0 Å². The van der Waals surface area contributed by atoms with E-state index in [9.17, 15) is 19.1 Å². The van der Waals surface area contributed by atoms with Crippen molar-refractivity contribution in [2.45, 2.75) is 37.6 Å². The van der Waals surface area contributed by atoms with Crippen LogP contribution < -0.4 is 5.73 Å². The van der Waals surface area contributed by atoms with E-state index in [1.54, 1.807) is 20.5 Å². The Hall–Kier alpha value is -3.92. The third-order valence-electron chi connectivity index (χ3n) is 7.68. The molecule has 1 atom stereocenters. The number of aromatic hydroxyl groups is 1. The van der Waals surface area contributed by atoms with Gasteiger partial charge in [-0.25, -0.2) is 14.1 Å². The standard InChI is InChI=1S/C27H26ClFN6O3/c1-2-22(37)33-9-7-17-23-19(35(32-17)18-6-5-15(11-21(18)36)14-3-4-14)8-10-34(20(23)13-33)27(38)16-12-31-26(28)24(29)25(16)30/h2,5-6,11-12,14,20,36H,1,3-4,7-10,13H2,(H2,30,31)/t20-/m1/s1. The minimum absolute atomic E-state index is 0.0940. The number of nitrogen functional groups attached to an aromatic ring is 1. The van der Waals surface area contributed by atoms with Crippen LogP contribution in [0.25, 0.3) is 5.69 Å². The summed E-state index contributed by atoms with van der Waals surface area (Å²) >= 11 is 5.75. The zero-order valence-electron chi connectivity index (χ0n) is 20.5. The molecule has 3 aliphatic rings. The number of aromatic nitrogens is 3. The maximum Gasteiger partial charge on any atom is 0.258 e. The van der Waals surface area contributed by atoms with Crippen LogP contribution in [-0.4, -0.2) is 61.1 Å². The van der Waals surface area contributed by atoms with Gasteiger partial charge in [0.15, 0.2) is 11.0 Å². The highest BCUT2D eigenvalue weighted by Gasteiger charge is 2.41. The minimum Gasteiger partial charge on any atom is -0.506 e. The van der Waals surface area contributed by atoms with E-state index in [-0.39, 0.29) is 36.0 Å². The van der Waals surface area contributed by atoms with Gasteiger partial charge in [0.05, 0.1) is 28.7 Å². The van der Waals surface area contributed by atoms with Gasteiger partial charge in [0, 0.05) is 44.2 Å². The van der Waals surface area contributed by atoms with Crippen LogP contribution in [0.2, 0.25) is 5.15 Å². The second-order valence-corrected chi connectivity index (χ2v) is 10.3. The third kappa shape index (κ3) is 3.91. The first-order valence-corrected chi connectivity index (χ1v) is 12.9. The van der Waals surface area contributed by atoms with Crippen molar-refractivity contribution in [1.82, 2.24) is 24.6 Å². The smallest absolute Gasteiger partial charge is 0.258 e. The topological polar surface area (TPSA) is 118 Å². The lowest BCUT2D eigenvalue weighted by Gasteiger charge is -2.38. The monoisotopic (exact) mass is 536 g/mol. The number of anilines is 1. The molecular weight excluding hydrogens is 511 g/mol. The summed E-state index contributed by atoms with van der Waals surface area (Å²) in [5.74, 6) is -1.06. The molecule has 0 unspecified atom stereocenters. The van der Waals surface area contributed by atoms with E-state index in [0.29, 0.717) is 31.0 Å². The Kier molecular flexibility index (Phi) is 5.86. The maximum absolute atomic E-state index is 14.4. The number of benzene rings is 1. The van der Waals surface area contributed by atoms with Crippen LogP contribution in [0.4, 0.5) is 10.1 Å².